The van der Waals surface area contributed by atoms with Gasteiger partial charge >= 0.3 is 11.4 Å². The predicted molar refractivity (Wildman–Crippen MR) is 172 cm³/mol. The van der Waals surface area contributed by atoms with Gasteiger partial charge in [0.25, 0.3) is 0 Å². The first-order valence-electron chi connectivity index (χ1n) is 15.5. The summed E-state index contributed by atoms with van der Waals surface area (Å²) >= 11 is 0. The van der Waals surface area contributed by atoms with Gasteiger partial charge in [0.05, 0.1) is 23.7 Å². The minimum Gasteiger partial charge on any atom is -0.508 e. The molecule has 0 saturated heterocycles. The van der Waals surface area contributed by atoms with Gasteiger partial charge in [-0.25, -0.2) is 23.5 Å². The van der Waals surface area contributed by atoms with Crippen LogP contribution in [0, 0.1) is 10.8 Å². The number of carbonyl (C=O) groups is 2. The molecule has 0 bridgehead atoms. The van der Waals surface area contributed by atoms with Gasteiger partial charge in [-0.2, -0.15) is 0 Å². The molecule has 0 unspecified atom stereocenters. The van der Waals surface area contributed by atoms with E-state index in [4.69, 9.17) is 4.74 Å². The molecule has 7 rings (SSSR count). The number of hydrogen-bond acceptors (Lipinski definition) is 6. The lowest BCUT2D eigenvalue weighted by Gasteiger charge is -2.58. The number of benzene rings is 3. The molecule has 1 N–H and O–H groups in total. The van der Waals surface area contributed by atoms with E-state index >= 15 is 0 Å². The third-order valence-electron chi connectivity index (χ3n) is 10.7. The molecule has 9 heteroatoms. The van der Waals surface area contributed by atoms with Crippen LogP contribution in [0.1, 0.15) is 57.2 Å². The van der Waals surface area contributed by atoms with Gasteiger partial charge in [0.1, 0.15) is 18.1 Å². The molecule has 1 aliphatic heterocycles. The van der Waals surface area contributed by atoms with E-state index in [1.807, 2.05) is 49.4 Å². The number of ketones is 2. The maximum Gasteiger partial charge on any atom is 0.352 e. The van der Waals surface area contributed by atoms with Crippen LogP contribution in [0.4, 0.5) is 0 Å². The van der Waals surface area contributed by atoms with Gasteiger partial charge in [0, 0.05) is 23.0 Å². The first-order chi connectivity index (χ1) is 22.0. The van der Waals surface area contributed by atoms with Crippen molar-refractivity contribution in [3.05, 3.63) is 134 Å². The summed E-state index contributed by atoms with van der Waals surface area (Å²) in [5.74, 6) is -0.742. The van der Waals surface area contributed by atoms with E-state index in [1.54, 1.807) is 57.2 Å². The zero-order chi connectivity index (χ0) is 32.5. The highest BCUT2D eigenvalue weighted by Crippen LogP contribution is 2.66. The minimum absolute atomic E-state index is 0.0815. The van der Waals surface area contributed by atoms with Crippen LogP contribution in [0.25, 0.3) is 5.69 Å². The maximum absolute atomic E-state index is 14.4. The number of hydrogen-bond donors (Lipinski definition) is 1. The number of aromatic nitrogens is 3. The number of phenolic OH excluding ortho intramolecular Hbond substituents is 1. The van der Waals surface area contributed by atoms with Crippen molar-refractivity contribution in [2.45, 2.75) is 59.2 Å². The van der Waals surface area contributed by atoms with Crippen molar-refractivity contribution < 1.29 is 19.4 Å². The van der Waals surface area contributed by atoms with Crippen molar-refractivity contribution in [3.8, 4) is 17.2 Å². The highest BCUT2D eigenvalue weighted by molar-refractivity contribution is 6.17. The van der Waals surface area contributed by atoms with Crippen LogP contribution >= 0.6 is 0 Å². The van der Waals surface area contributed by atoms with E-state index in [0.29, 0.717) is 40.3 Å². The molecule has 0 spiro atoms. The van der Waals surface area contributed by atoms with Gasteiger partial charge in [-0.1, -0.05) is 74.5 Å². The second-order valence-electron chi connectivity index (χ2n) is 13.0. The molecule has 3 aliphatic rings. The molecule has 3 aromatic carbocycles. The van der Waals surface area contributed by atoms with E-state index in [1.165, 1.54) is 15.4 Å². The van der Waals surface area contributed by atoms with Crippen LogP contribution in [-0.2, 0) is 22.7 Å². The molecule has 1 saturated carbocycles. The van der Waals surface area contributed by atoms with Crippen molar-refractivity contribution in [1.29, 1.82) is 0 Å². The monoisotopic (exact) mass is 617 g/mol. The molecule has 0 radical (unpaired) electrons. The van der Waals surface area contributed by atoms with Gasteiger partial charge in [0.2, 0.25) is 0 Å². The van der Waals surface area contributed by atoms with Crippen LogP contribution < -0.4 is 16.1 Å². The van der Waals surface area contributed by atoms with E-state index in [0.717, 1.165) is 10.1 Å². The number of para-hydroxylation sites is 1. The zero-order valence-electron chi connectivity index (χ0n) is 26.2. The average Bonchev–Trinajstić information content (AvgIpc) is 3.32. The van der Waals surface area contributed by atoms with Crippen molar-refractivity contribution >= 4 is 11.6 Å². The summed E-state index contributed by atoms with van der Waals surface area (Å²) in [6.45, 7) is 7.36. The average molecular weight is 618 g/mol. The van der Waals surface area contributed by atoms with Crippen molar-refractivity contribution in [2.75, 3.05) is 0 Å². The van der Waals surface area contributed by atoms with E-state index in [-0.39, 0.29) is 30.3 Å². The Labute approximate surface area is 265 Å². The summed E-state index contributed by atoms with van der Waals surface area (Å²) in [5, 5.41) is 11.6. The quantitative estimate of drug-likeness (QED) is 0.306. The predicted octanol–water partition coefficient (Wildman–Crippen LogP) is 5.25. The number of phenols is 1. The Bertz CT molecular complexity index is 2100. The fourth-order valence-corrected chi connectivity index (χ4v) is 7.94. The van der Waals surface area contributed by atoms with Crippen molar-refractivity contribution in [3.63, 3.8) is 0 Å². The Hall–Kier alpha value is -5.18. The lowest BCUT2D eigenvalue weighted by molar-refractivity contribution is -0.151. The Morgan fingerprint density at radius 2 is 1.50 bits per heavy atom. The molecule has 0 amide bonds. The van der Waals surface area contributed by atoms with Crippen LogP contribution in [-0.4, -0.2) is 30.6 Å². The molecule has 9 nitrogen and oxygen atoms in total. The lowest BCUT2D eigenvalue weighted by atomic mass is 9.43. The smallest absolute Gasteiger partial charge is 0.352 e. The molecule has 4 atom stereocenters. The van der Waals surface area contributed by atoms with Gasteiger partial charge in [-0.3, -0.25) is 9.59 Å². The van der Waals surface area contributed by atoms with E-state index in [9.17, 15) is 24.3 Å². The third kappa shape index (κ3) is 4.00. The highest BCUT2D eigenvalue weighted by Gasteiger charge is 2.67. The molecule has 1 fully saturated rings. The molecule has 2 aliphatic carbocycles. The number of aromatic hydroxyl groups is 1. The van der Waals surface area contributed by atoms with Gasteiger partial charge in [-0.05, 0) is 60.8 Å². The Morgan fingerprint density at radius 1 is 0.848 bits per heavy atom. The standard InChI is InChI=1S/C37H35N3O6/c1-22-23(2)33(43)37(4)31(28-16-15-26(19-30(28)41)46-21-24-11-7-5-8-12-24)27-17-18-38-34(44)39(25-13-9-6-10-14-25)35(45)40(38)29(27)20-36(37,3)32(22)42/h5-17,19,29,31,41H,18,20-21H2,1-4H3/t29-,31-,36+,37-/m1/s1. The number of allylic oxidation sites excluding steroid dienone is 4. The number of rotatable bonds is 5. The largest absolute Gasteiger partial charge is 0.508 e. The molecule has 2 heterocycles. The molecular weight excluding hydrogens is 582 g/mol. The summed E-state index contributed by atoms with van der Waals surface area (Å²) in [6.07, 6.45) is 2.02. The molecule has 1 aromatic heterocycles. The number of ether oxygens (including phenoxy) is 1. The van der Waals surface area contributed by atoms with E-state index in [2.05, 4.69) is 0 Å². The fraction of sp³-hybridized carbons (Fsp3) is 0.297. The van der Waals surface area contributed by atoms with Crippen LogP contribution in [0.5, 0.6) is 11.5 Å². The van der Waals surface area contributed by atoms with Crippen LogP contribution in [0.15, 0.2) is 111 Å². The Morgan fingerprint density at radius 3 is 2.17 bits per heavy atom. The van der Waals surface area contributed by atoms with Crippen LogP contribution in [0.2, 0.25) is 0 Å². The second kappa shape index (κ2) is 10.4. The molecule has 234 valence electrons. The molecule has 46 heavy (non-hydrogen) atoms. The Kier molecular flexibility index (Phi) is 6.70. The summed E-state index contributed by atoms with van der Waals surface area (Å²) in [7, 11) is 0. The lowest BCUT2D eigenvalue weighted by Crippen LogP contribution is -2.61. The number of nitrogens with zero attached hydrogens (tertiary/aromatic N) is 3. The van der Waals surface area contributed by atoms with Crippen molar-refractivity contribution in [2.24, 2.45) is 10.8 Å². The highest BCUT2D eigenvalue weighted by atomic mass is 16.5. The Balaban J connectivity index is 1.40. The first-order valence-corrected chi connectivity index (χ1v) is 15.5. The minimum atomic E-state index is -1.28. The summed E-state index contributed by atoms with van der Waals surface area (Å²) in [4.78, 5) is 56.4. The summed E-state index contributed by atoms with van der Waals surface area (Å²) < 4.78 is 9.95. The fourth-order valence-electron chi connectivity index (χ4n) is 7.94. The number of carbonyl (C=O) groups excluding carboxylic acids is 2. The number of Topliss-reactive ketones (excluding diaryl/α,β-unsaturated/α-hetero) is 2. The summed E-state index contributed by atoms with van der Waals surface area (Å²) in [5.41, 5.74) is -0.157. The number of fused-ring (bicyclic) bond motifs is 4. The summed E-state index contributed by atoms with van der Waals surface area (Å²) in [6, 6.07) is 22.7. The zero-order valence-corrected chi connectivity index (χ0v) is 26.2. The second-order valence-corrected chi connectivity index (χ2v) is 13.0. The van der Waals surface area contributed by atoms with E-state index < -0.39 is 34.2 Å². The van der Waals surface area contributed by atoms with Gasteiger partial charge in [0.15, 0.2) is 11.6 Å². The maximum atomic E-state index is 14.4. The van der Waals surface area contributed by atoms with Gasteiger partial charge < -0.3 is 9.84 Å². The van der Waals surface area contributed by atoms with Crippen LogP contribution in [0.3, 0.4) is 0 Å². The third-order valence-corrected chi connectivity index (χ3v) is 10.7. The van der Waals surface area contributed by atoms with Gasteiger partial charge in [-0.15, -0.1) is 0 Å². The topological polar surface area (TPSA) is 113 Å². The van der Waals surface area contributed by atoms with Crippen molar-refractivity contribution in [1.82, 2.24) is 13.9 Å². The normalized spacial score (nSPS) is 25.4. The first kappa shape index (κ1) is 29.5. The molecular formula is C37H35N3O6. The SMILES string of the molecule is CC1=C(C)C(=O)[C@@]2(C)[C@@H](c3ccc(OCc4ccccc4)cc3O)C3=CCn4c(=O)n(-c5ccccc5)c(=O)n4[C@@H]3C[C@@]2(C)C1=O. The molecule has 4 aromatic rings.